The molecule has 0 saturated heterocycles. The van der Waals surface area contributed by atoms with Gasteiger partial charge in [-0.25, -0.2) is 23.1 Å². The van der Waals surface area contributed by atoms with E-state index in [9.17, 15) is 13.2 Å². The molecule has 8 heteroatoms. The van der Waals surface area contributed by atoms with Crippen LogP contribution in [0.2, 0.25) is 0 Å². The second-order valence-electron chi connectivity index (χ2n) is 6.19. The number of fused-ring (bicyclic) bond motifs is 1. The molecule has 2 aromatic heterocycles. The third-order valence-electron chi connectivity index (χ3n) is 4.49. The molecule has 0 bridgehead atoms. The number of aromatic nitrogens is 3. The van der Waals surface area contributed by atoms with Crippen LogP contribution >= 0.6 is 0 Å². The molecule has 1 N–H and O–H groups in total. The third kappa shape index (κ3) is 3.22. The van der Waals surface area contributed by atoms with E-state index < -0.39 is 17.5 Å². The van der Waals surface area contributed by atoms with Crippen molar-refractivity contribution in [2.45, 2.75) is 0 Å². The van der Waals surface area contributed by atoms with Gasteiger partial charge in [-0.3, -0.25) is 4.98 Å². The molecule has 0 aliphatic carbocycles. The summed E-state index contributed by atoms with van der Waals surface area (Å²) in [6.07, 6.45) is 3.28. The first-order chi connectivity index (χ1) is 14.0. The molecule has 0 unspecified atom stereocenters. The van der Waals surface area contributed by atoms with E-state index in [-0.39, 0.29) is 5.56 Å². The molecule has 29 heavy (non-hydrogen) atoms. The Hall–Kier alpha value is -3.68. The van der Waals surface area contributed by atoms with Crippen molar-refractivity contribution in [2.24, 2.45) is 0 Å². The maximum atomic E-state index is 14.3. The van der Waals surface area contributed by atoms with Gasteiger partial charge in [0.1, 0.15) is 17.1 Å². The highest BCUT2D eigenvalue weighted by Crippen LogP contribution is 2.37. The van der Waals surface area contributed by atoms with E-state index in [1.165, 1.54) is 19.2 Å². The van der Waals surface area contributed by atoms with Crippen LogP contribution in [0.1, 0.15) is 0 Å². The topological polar surface area (TPSA) is 59.9 Å². The van der Waals surface area contributed by atoms with Crippen LogP contribution in [0.3, 0.4) is 0 Å². The number of methoxy groups -OCH3 is 1. The number of pyridine rings is 1. The van der Waals surface area contributed by atoms with Gasteiger partial charge in [0.05, 0.1) is 7.11 Å². The van der Waals surface area contributed by atoms with Gasteiger partial charge in [-0.15, -0.1) is 0 Å². The van der Waals surface area contributed by atoms with Gasteiger partial charge in [-0.1, -0.05) is 0 Å². The SMILES string of the molecule is CNc1nc(-c2cccnc2)nc2c(OC)cc(-c3ccc(F)c(F)c3F)cc12. The fourth-order valence-corrected chi connectivity index (χ4v) is 3.08. The summed E-state index contributed by atoms with van der Waals surface area (Å²) >= 11 is 0. The number of halogens is 3. The Bertz CT molecular complexity index is 1220. The van der Waals surface area contributed by atoms with Crippen molar-refractivity contribution < 1.29 is 17.9 Å². The van der Waals surface area contributed by atoms with Crippen molar-refractivity contribution in [3.05, 3.63) is 66.2 Å². The highest BCUT2D eigenvalue weighted by Gasteiger charge is 2.19. The monoisotopic (exact) mass is 396 g/mol. The molecule has 146 valence electrons. The molecule has 4 aromatic rings. The van der Waals surface area contributed by atoms with Crippen molar-refractivity contribution in [3.63, 3.8) is 0 Å². The number of benzene rings is 2. The molecule has 0 radical (unpaired) electrons. The Labute approximate surface area is 164 Å². The van der Waals surface area contributed by atoms with Gasteiger partial charge in [0.25, 0.3) is 0 Å². The second kappa shape index (κ2) is 7.38. The summed E-state index contributed by atoms with van der Waals surface area (Å²) in [6, 6.07) is 8.78. The number of ether oxygens (including phenoxy) is 1. The average Bonchev–Trinajstić information content (AvgIpc) is 2.76. The molecule has 0 spiro atoms. The van der Waals surface area contributed by atoms with Gasteiger partial charge in [0.2, 0.25) is 0 Å². The number of rotatable bonds is 4. The quantitative estimate of drug-likeness (QED) is 0.501. The Morgan fingerprint density at radius 2 is 1.79 bits per heavy atom. The smallest absolute Gasteiger partial charge is 0.195 e. The molecule has 0 amide bonds. The van der Waals surface area contributed by atoms with Gasteiger partial charge >= 0.3 is 0 Å². The maximum Gasteiger partial charge on any atom is 0.195 e. The molecule has 0 aliphatic heterocycles. The van der Waals surface area contributed by atoms with E-state index in [1.54, 1.807) is 31.6 Å². The summed E-state index contributed by atoms with van der Waals surface area (Å²) in [4.78, 5) is 13.2. The molecule has 0 fully saturated rings. The Kier molecular flexibility index (Phi) is 4.75. The molecule has 0 aliphatic rings. The first-order valence-corrected chi connectivity index (χ1v) is 8.65. The largest absolute Gasteiger partial charge is 0.494 e. The minimum Gasteiger partial charge on any atom is -0.494 e. The van der Waals surface area contributed by atoms with Gasteiger partial charge in [-0.05, 0) is 42.0 Å². The van der Waals surface area contributed by atoms with Gasteiger partial charge < -0.3 is 10.1 Å². The first-order valence-electron chi connectivity index (χ1n) is 8.65. The predicted molar refractivity (Wildman–Crippen MR) is 104 cm³/mol. The molecule has 4 rings (SSSR count). The zero-order chi connectivity index (χ0) is 20.5. The average molecular weight is 396 g/mol. The molecular formula is C21H15F3N4O. The van der Waals surface area contributed by atoms with Crippen LogP contribution in [0.25, 0.3) is 33.4 Å². The lowest BCUT2D eigenvalue weighted by atomic mass is 10.0. The van der Waals surface area contributed by atoms with Crippen molar-refractivity contribution in [1.29, 1.82) is 0 Å². The van der Waals surface area contributed by atoms with Crippen LogP contribution in [-0.2, 0) is 0 Å². The predicted octanol–water partition coefficient (Wildman–Crippen LogP) is 4.83. The fourth-order valence-electron chi connectivity index (χ4n) is 3.08. The van der Waals surface area contributed by atoms with Crippen molar-refractivity contribution in [3.8, 4) is 28.3 Å². The van der Waals surface area contributed by atoms with E-state index in [0.717, 1.165) is 6.07 Å². The van der Waals surface area contributed by atoms with E-state index in [0.29, 0.717) is 39.4 Å². The highest BCUT2D eigenvalue weighted by atomic mass is 19.2. The number of hydrogen-bond acceptors (Lipinski definition) is 5. The lowest BCUT2D eigenvalue weighted by molar-refractivity contribution is 0.419. The first kappa shape index (κ1) is 18.7. The van der Waals surface area contributed by atoms with Gasteiger partial charge in [0, 0.05) is 36.0 Å². The molecule has 5 nitrogen and oxygen atoms in total. The summed E-state index contributed by atoms with van der Waals surface area (Å²) < 4.78 is 46.9. The van der Waals surface area contributed by atoms with Crippen LogP contribution in [0.5, 0.6) is 5.75 Å². The molecule has 0 saturated carbocycles. The minimum atomic E-state index is -1.53. The Balaban J connectivity index is 1.99. The number of anilines is 1. The summed E-state index contributed by atoms with van der Waals surface area (Å²) in [5.74, 6) is -2.81. The maximum absolute atomic E-state index is 14.3. The molecule has 2 aromatic carbocycles. The number of hydrogen-bond donors (Lipinski definition) is 1. The zero-order valence-corrected chi connectivity index (χ0v) is 15.5. The number of nitrogens with zero attached hydrogens (tertiary/aromatic N) is 3. The molecular weight excluding hydrogens is 381 g/mol. The lowest BCUT2D eigenvalue weighted by Gasteiger charge is -2.14. The van der Waals surface area contributed by atoms with E-state index in [1.807, 2.05) is 6.07 Å². The summed E-state index contributed by atoms with van der Waals surface area (Å²) in [6.45, 7) is 0. The third-order valence-corrected chi connectivity index (χ3v) is 4.49. The van der Waals surface area contributed by atoms with E-state index in [4.69, 9.17) is 4.74 Å². The van der Waals surface area contributed by atoms with Gasteiger partial charge in [-0.2, -0.15) is 0 Å². The minimum absolute atomic E-state index is 0.0949. The Morgan fingerprint density at radius 1 is 0.966 bits per heavy atom. The van der Waals surface area contributed by atoms with E-state index >= 15 is 0 Å². The summed E-state index contributed by atoms with van der Waals surface area (Å²) in [5.41, 5.74) is 1.41. The van der Waals surface area contributed by atoms with Crippen LogP contribution in [0, 0.1) is 17.5 Å². The highest BCUT2D eigenvalue weighted by molar-refractivity contribution is 5.97. The normalized spacial score (nSPS) is 10.9. The fraction of sp³-hybridized carbons (Fsp3) is 0.0952. The van der Waals surface area contributed by atoms with E-state index in [2.05, 4.69) is 20.3 Å². The second-order valence-corrected chi connectivity index (χ2v) is 6.19. The van der Waals surface area contributed by atoms with Gasteiger partial charge in [0.15, 0.2) is 23.3 Å². The van der Waals surface area contributed by atoms with Crippen molar-refractivity contribution >= 4 is 16.7 Å². The van der Waals surface area contributed by atoms with Crippen LogP contribution in [0.4, 0.5) is 19.0 Å². The number of nitrogens with one attached hydrogen (secondary N) is 1. The lowest BCUT2D eigenvalue weighted by Crippen LogP contribution is -2.01. The zero-order valence-electron chi connectivity index (χ0n) is 15.5. The van der Waals surface area contributed by atoms with Crippen molar-refractivity contribution in [1.82, 2.24) is 15.0 Å². The van der Waals surface area contributed by atoms with Crippen molar-refractivity contribution in [2.75, 3.05) is 19.5 Å². The van der Waals surface area contributed by atoms with Crippen LogP contribution in [0.15, 0.2) is 48.8 Å². The van der Waals surface area contributed by atoms with Crippen LogP contribution in [-0.4, -0.2) is 29.1 Å². The standard InChI is InChI=1S/C21H15F3N4O/c1-25-21-14-8-12(13-5-6-15(22)18(24)17(13)23)9-16(29-2)19(14)27-20(28-21)11-4-3-7-26-10-11/h3-10H,1-2H3,(H,25,27,28). The Morgan fingerprint density at radius 3 is 2.48 bits per heavy atom. The summed E-state index contributed by atoms with van der Waals surface area (Å²) in [7, 11) is 3.14. The van der Waals surface area contributed by atoms with Crippen LogP contribution < -0.4 is 10.1 Å². The summed E-state index contributed by atoms with van der Waals surface area (Å²) in [5, 5.41) is 3.53. The molecule has 0 atom stereocenters. The molecule has 2 heterocycles.